The van der Waals surface area contributed by atoms with E-state index in [4.69, 9.17) is 16.3 Å². The van der Waals surface area contributed by atoms with Crippen molar-refractivity contribution in [3.8, 4) is 5.75 Å². The number of carbonyl (C=O) groups is 2. The molecular weight excluding hydrogens is 390 g/mol. The minimum absolute atomic E-state index is 0.111. The highest BCUT2D eigenvalue weighted by Crippen LogP contribution is 2.17. The Morgan fingerprint density at radius 2 is 2.03 bits per heavy atom. The van der Waals surface area contributed by atoms with Crippen molar-refractivity contribution in [2.75, 3.05) is 19.7 Å². The molecule has 3 rings (SSSR count). The van der Waals surface area contributed by atoms with Crippen molar-refractivity contribution < 1.29 is 14.3 Å². The highest BCUT2D eigenvalue weighted by atomic mass is 35.5. The first-order valence-corrected chi connectivity index (χ1v) is 10.2. The molecule has 1 saturated heterocycles. The van der Waals surface area contributed by atoms with Gasteiger partial charge in [0, 0.05) is 31.2 Å². The van der Waals surface area contributed by atoms with Gasteiger partial charge in [0.15, 0.2) is 0 Å². The van der Waals surface area contributed by atoms with Crippen LogP contribution in [-0.2, 0) is 22.7 Å². The maximum absolute atomic E-state index is 12.5. The molecule has 2 aromatic rings. The van der Waals surface area contributed by atoms with Crippen LogP contribution < -0.4 is 15.4 Å². The SMILES string of the molecule is CCOc1ccc(CN2CCNC(=O)C2CC(=O)NCc2cccc(Cl)c2)cc1. The number of halogens is 1. The zero-order chi connectivity index (χ0) is 20.6. The fraction of sp³-hybridized carbons (Fsp3) is 0.364. The number of ether oxygens (including phenoxy) is 1. The van der Waals surface area contributed by atoms with E-state index >= 15 is 0 Å². The van der Waals surface area contributed by atoms with Gasteiger partial charge in [0.1, 0.15) is 5.75 Å². The van der Waals surface area contributed by atoms with Crippen LogP contribution in [0, 0.1) is 0 Å². The monoisotopic (exact) mass is 415 g/mol. The van der Waals surface area contributed by atoms with Crippen molar-refractivity contribution >= 4 is 23.4 Å². The lowest BCUT2D eigenvalue weighted by Gasteiger charge is -2.34. The fourth-order valence-corrected chi connectivity index (χ4v) is 3.57. The van der Waals surface area contributed by atoms with Crippen molar-refractivity contribution in [1.82, 2.24) is 15.5 Å². The lowest BCUT2D eigenvalue weighted by atomic mass is 10.1. The fourth-order valence-electron chi connectivity index (χ4n) is 3.36. The van der Waals surface area contributed by atoms with Gasteiger partial charge in [-0.3, -0.25) is 14.5 Å². The number of piperazine rings is 1. The summed E-state index contributed by atoms with van der Waals surface area (Å²) in [4.78, 5) is 26.9. The third kappa shape index (κ3) is 6.21. The minimum atomic E-state index is -0.491. The van der Waals surface area contributed by atoms with Gasteiger partial charge in [-0.25, -0.2) is 0 Å². The molecule has 154 valence electrons. The van der Waals surface area contributed by atoms with E-state index in [0.29, 0.717) is 37.8 Å². The molecule has 29 heavy (non-hydrogen) atoms. The molecule has 2 aromatic carbocycles. The third-order valence-corrected chi connectivity index (χ3v) is 5.05. The Morgan fingerprint density at radius 1 is 1.24 bits per heavy atom. The molecular formula is C22H26ClN3O3. The second kappa shape index (κ2) is 10.3. The Labute approximate surface area is 176 Å². The van der Waals surface area contributed by atoms with E-state index in [1.807, 2.05) is 54.3 Å². The van der Waals surface area contributed by atoms with Crippen LogP contribution in [0.15, 0.2) is 48.5 Å². The highest BCUT2D eigenvalue weighted by molar-refractivity contribution is 6.30. The molecule has 7 heteroatoms. The van der Waals surface area contributed by atoms with E-state index in [-0.39, 0.29) is 18.2 Å². The van der Waals surface area contributed by atoms with E-state index in [2.05, 4.69) is 10.6 Å². The molecule has 1 fully saturated rings. The van der Waals surface area contributed by atoms with E-state index in [0.717, 1.165) is 16.9 Å². The van der Waals surface area contributed by atoms with Crippen molar-refractivity contribution in [2.45, 2.75) is 32.5 Å². The van der Waals surface area contributed by atoms with Gasteiger partial charge in [-0.1, -0.05) is 35.9 Å². The van der Waals surface area contributed by atoms with Crippen LogP contribution in [0.4, 0.5) is 0 Å². The van der Waals surface area contributed by atoms with Crippen molar-refractivity contribution in [3.63, 3.8) is 0 Å². The largest absolute Gasteiger partial charge is 0.494 e. The quantitative estimate of drug-likeness (QED) is 0.695. The molecule has 1 heterocycles. The number of carbonyl (C=O) groups excluding carboxylic acids is 2. The first-order chi connectivity index (χ1) is 14.0. The van der Waals surface area contributed by atoms with Gasteiger partial charge in [0.05, 0.1) is 19.1 Å². The van der Waals surface area contributed by atoms with Gasteiger partial charge in [-0.15, -0.1) is 0 Å². The van der Waals surface area contributed by atoms with Crippen LogP contribution in [0.5, 0.6) is 5.75 Å². The Bertz CT molecular complexity index is 841. The van der Waals surface area contributed by atoms with Crippen LogP contribution in [0.2, 0.25) is 5.02 Å². The van der Waals surface area contributed by atoms with E-state index in [1.165, 1.54) is 0 Å². The molecule has 2 amide bonds. The third-order valence-electron chi connectivity index (χ3n) is 4.82. The summed E-state index contributed by atoms with van der Waals surface area (Å²) in [6, 6.07) is 14.7. The van der Waals surface area contributed by atoms with E-state index in [1.54, 1.807) is 6.07 Å². The standard InChI is InChI=1S/C22H26ClN3O3/c1-2-29-19-8-6-16(7-9-19)15-26-11-10-24-22(28)20(26)13-21(27)25-14-17-4-3-5-18(23)12-17/h3-9,12,20H,2,10-11,13-15H2,1H3,(H,24,28)(H,25,27). The Hall–Kier alpha value is -2.57. The molecule has 0 bridgehead atoms. The first kappa shape index (κ1) is 21.1. The molecule has 6 nitrogen and oxygen atoms in total. The number of benzene rings is 2. The summed E-state index contributed by atoms with van der Waals surface area (Å²) in [5, 5.41) is 6.37. The first-order valence-electron chi connectivity index (χ1n) is 9.80. The molecule has 1 unspecified atom stereocenters. The molecule has 0 spiro atoms. The topological polar surface area (TPSA) is 70.7 Å². The maximum Gasteiger partial charge on any atom is 0.237 e. The molecule has 0 saturated carbocycles. The molecule has 1 aliphatic heterocycles. The molecule has 1 aliphatic rings. The number of nitrogens with zero attached hydrogens (tertiary/aromatic N) is 1. The number of amides is 2. The normalized spacial score (nSPS) is 16.9. The zero-order valence-electron chi connectivity index (χ0n) is 16.5. The van der Waals surface area contributed by atoms with Crippen LogP contribution in [0.1, 0.15) is 24.5 Å². The Kier molecular flexibility index (Phi) is 7.49. The van der Waals surface area contributed by atoms with Gasteiger partial charge >= 0.3 is 0 Å². The second-order valence-corrected chi connectivity index (χ2v) is 7.40. The smallest absolute Gasteiger partial charge is 0.237 e. The minimum Gasteiger partial charge on any atom is -0.494 e. The zero-order valence-corrected chi connectivity index (χ0v) is 17.2. The highest BCUT2D eigenvalue weighted by Gasteiger charge is 2.31. The van der Waals surface area contributed by atoms with Crippen LogP contribution >= 0.6 is 11.6 Å². The van der Waals surface area contributed by atoms with Crippen LogP contribution in [0.3, 0.4) is 0 Å². The van der Waals surface area contributed by atoms with Crippen LogP contribution in [-0.4, -0.2) is 42.5 Å². The molecule has 0 radical (unpaired) electrons. The van der Waals surface area contributed by atoms with Gasteiger partial charge in [0.2, 0.25) is 11.8 Å². The number of hydrogen-bond donors (Lipinski definition) is 2. The number of nitrogens with one attached hydrogen (secondary N) is 2. The molecule has 1 atom stereocenters. The summed E-state index contributed by atoms with van der Waals surface area (Å²) in [6.07, 6.45) is 0.115. The Balaban J connectivity index is 1.58. The summed E-state index contributed by atoms with van der Waals surface area (Å²) in [5.74, 6) is 0.549. The summed E-state index contributed by atoms with van der Waals surface area (Å²) in [5.41, 5.74) is 2.00. The predicted molar refractivity (Wildman–Crippen MR) is 113 cm³/mol. The average molecular weight is 416 g/mol. The molecule has 0 aromatic heterocycles. The van der Waals surface area contributed by atoms with E-state index < -0.39 is 6.04 Å². The summed E-state index contributed by atoms with van der Waals surface area (Å²) in [7, 11) is 0. The van der Waals surface area contributed by atoms with Crippen molar-refractivity contribution in [1.29, 1.82) is 0 Å². The molecule has 0 aliphatic carbocycles. The summed E-state index contributed by atoms with van der Waals surface area (Å²) in [6.45, 7) is 4.83. The molecule has 2 N–H and O–H groups in total. The van der Waals surface area contributed by atoms with Gasteiger partial charge in [-0.2, -0.15) is 0 Å². The average Bonchev–Trinajstić information content (AvgIpc) is 2.71. The lowest BCUT2D eigenvalue weighted by molar-refractivity contribution is -0.134. The van der Waals surface area contributed by atoms with Gasteiger partial charge in [-0.05, 0) is 42.3 Å². The van der Waals surface area contributed by atoms with E-state index in [9.17, 15) is 9.59 Å². The Morgan fingerprint density at radius 3 is 2.76 bits per heavy atom. The van der Waals surface area contributed by atoms with Crippen molar-refractivity contribution in [2.24, 2.45) is 0 Å². The number of hydrogen-bond acceptors (Lipinski definition) is 4. The lowest BCUT2D eigenvalue weighted by Crippen LogP contribution is -2.56. The van der Waals surface area contributed by atoms with Gasteiger partial charge < -0.3 is 15.4 Å². The maximum atomic E-state index is 12.5. The summed E-state index contributed by atoms with van der Waals surface area (Å²) >= 11 is 5.98. The predicted octanol–water partition coefficient (Wildman–Crippen LogP) is 2.75. The summed E-state index contributed by atoms with van der Waals surface area (Å²) < 4.78 is 5.47. The van der Waals surface area contributed by atoms with Crippen LogP contribution in [0.25, 0.3) is 0 Å². The van der Waals surface area contributed by atoms with Crippen molar-refractivity contribution in [3.05, 3.63) is 64.7 Å². The second-order valence-electron chi connectivity index (χ2n) is 6.97. The van der Waals surface area contributed by atoms with Gasteiger partial charge in [0.25, 0.3) is 0 Å². The number of rotatable bonds is 8.